The first-order valence-electron chi connectivity index (χ1n) is 7.56. The van der Waals surface area contributed by atoms with Crippen LogP contribution in [0.4, 0.5) is 10.1 Å². The fourth-order valence-corrected chi connectivity index (χ4v) is 2.14. The Hall–Kier alpha value is -2.47. The molecular formula is C18H21FN4S. The SMILES string of the molecule is C/C(=N/NC(=S)NCc1ccc(F)cc1)c1ccc(N(C)C)cc1. The van der Waals surface area contributed by atoms with E-state index in [0.29, 0.717) is 11.7 Å². The van der Waals surface area contributed by atoms with Crippen LogP contribution in [-0.4, -0.2) is 24.9 Å². The lowest BCUT2D eigenvalue weighted by atomic mass is 10.1. The molecule has 0 heterocycles. The average molecular weight is 344 g/mol. The van der Waals surface area contributed by atoms with E-state index < -0.39 is 0 Å². The summed E-state index contributed by atoms with van der Waals surface area (Å²) in [5.74, 6) is -0.250. The highest BCUT2D eigenvalue weighted by Crippen LogP contribution is 2.12. The highest BCUT2D eigenvalue weighted by Gasteiger charge is 2.01. The molecule has 0 aliphatic heterocycles. The molecule has 2 rings (SSSR count). The second-order valence-corrected chi connectivity index (χ2v) is 5.97. The summed E-state index contributed by atoms with van der Waals surface area (Å²) >= 11 is 5.19. The number of anilines is 1. The Kier molecular flexibility index (Phi) is 6.26. The maximum atomic E-state index is 12.8. The fraction of sp³-hybridized carbons (Fsp3) is 0.222. The molecule has 0 saturated heterocycles. The van der Waals surface area contributed by atoms with Gasteiger partial charge in [0.05, 0.1) is 5.71 Å². The van der Waals surface area contributed by atoms with Gasteiger partial charge in [0.15, 0.2) is 5.11 Å². The van der Waals surface area contributed by atoms with Gasteiger partial charge in [-0.05, 0) is 54.5 Å². The molecule has 2 aromatic rings. The van der Waals surface area contributed by atoms with Gasteiger partial charge in [-0.2, -0.15) is 5.10 Å². The zero-order chi connectivity index (χ0) is 17.5. The first-order chi connectivity index (χ1) is 11.5. The van der Waals surface area contributed by atoms with E-state index in [-0.39, 0.29) is 5.82 Å². The number of benzene rings is 2. The Morgan fingerprint density at radius 3 is 2.29 bits per heavy atom. The van der Waals surface area contributed by atoms with Gasteiger partial charge in [-0.1, -0.05) is 24.3 Å². The number of rotatable bonds is 5. The molecule has 126 valence electrons. The van der Waals surface area contributed by atoms with Gasteiger partial charge < -0.3 is 10.2 Å². The largest absolute Gasteiger partial charge is 0.378 e. The van der Waals surface area contributed by atoms with Gasteiger partial charge in [0.1, 0.15) is 5.82 Å². The summed E-state index contributed by atoms with van der Waals surface area (Å²) in [4.78, 5) is 2.04. The topological polar surface area (TPSA) is 39.7 Å². The lowest BCUT2D eigenvalue weighted by Gasteiger charge is -2.12. The molecule has 0 aliphatic rings. The molecule has 0 unspecified atom stereocenters. The second-order valence-electron chi connectivity index (χ2n) is 5.56. The normalized spacial score (nSPS) is 11.1. The zero-order valence-electron chi connectivity index (χ0n) is 14.0. The minimum absolute atomic E-state index is 0.250. The van der Waals surface area contributed by atoms with Crippen LogP contribution >= 0.6 is 12.2 Å². The molecule has 2 N–H and O–H groups in total. The van der Waals surface area contributed by atoms with E-state index >= 15 is 0 Å². The highest BCUT2D eigenvalue weighted by molar-refractivity contribution is 7.80. The lowest BCUT2D eigenvalue weighted by Crippen LogP contribution is -2.32. The van der Waals surface area contributed by atoms with Crippen molar-refractivity contribution in [1.82, 2.24) is 10.7 Å². The summed E-state index contributed by atoms with van der Waals surface area (Å²) in [6.45, 7) is 2.43. The standard InChI is InChI=1S/C18H21FN4S/c1-13(15-6-10-17(11-7-15)23(2)3)21-22-18(24)20-12-14-4-8-16(19)9-5-14/h4-11H,12H2,1-3H3,(H2,20,22,24)/b21-13-. The second kappa shape index (κ2) is 8.40. The molecular weight excluding hydrogens is 323 g/mol. The number of thiocarbonyl (C=S) groups is 1. The van der Waals surface area contributed by atoms with E-state index in [1.165, 1.54) is 12.1 Å². The summed E-state index contributed by atoms with van der Waals surface area (Å²) in [6, 6.07) is 14.4. The van der Waals surface area contributed by atoms with E-state index in [0.717, 1.165) is 22.5 Å². The van der Waals surface area contributed by atoms with E-state index in [9.17, 15) is 4.39 Å². The summed E-state index contributed by atoms with van der Waals surface area (Å²) < 4.78 is 12.8. The van der Waals surface area contributed by atoms with Crippen LogP contribution in [0.2, 0.25) is 0 Å². The van der Waals surface area contributed by atoms with Gasteiger partial charge >= 0.3 is 0 Å². The minimum Gasteiger partial charge on any atom is -0.378 e. The predicted molar refractivity (Wildman–Crippen MR) is 102 cm³/mol. The van der Waals surface area contributed by atoms with Gasteiger partial charge in [0.2, 0.25) is 0 Å². The van der Waals surface area contributed by atoms with Gasteiger partial charge in [0.25, 0.3) is 0 Å². The number of hydrogen-bond donors (Lipinski definition) is 2. The molecule has 2 aromatic carbocycles. The van der Waals surface area contributed by atoms with Crippen LogP contribution in [0.1, 0.15) is 18.1 Å². The average Bonchev–Trinajstić information content (AvgIpc) is 2.59. The monoisotopic (exact) mass is 344 g/mol. The number of hydrazone groups is 1. The van der Waals surface area contributed by atoms with Crippen LogP contribution in [0.15, 0.2) is 53.6 Å². The maximum absolute atomic E-state index is 12.8. The third-order valence-corrected chi connectivity index (χ3v) is 3.73. The summed E-state index contributed by atoms with van der Waals surface area (Å²) in [5, 5.41) is 7.74. The van der Waals surface area contributed by atoms with E-state index in [1.54, 1.807) is 12.1 Å². The smallest absolute Gasteiger partial charge is 0.187 e. The molecule has 0 aromatic heterocycles. The zero-order valence-corrected chi connectivity index (χ0v) is 14.8. The Morgan fingerprint density at radius 2 is 1.71 bits per heavy atom. The Balaban J connectivity index is 1.86. The number of nitrogens with one attached hydrogen (secondary N) is 2. The Morgan fingerprint density at radius 1 is 1.08 bits per heavy atom. The molecule has 0 atom stereocenters. The van der Waals surface area contributed by atoms with Crippen molar-refractivity contribution in [3.05, 3.63) is 65.5 Å². The van der Waals surface area contributed by atoms with Gasteiger partial charge in [-0.25, -0.2) is 4.39 Å². The van der Waals surface area contributed by atoms with Gasteiger partial charge in [-0.15, -0.1) is 0 Å². The van der Waals surface area contributed by atoms with Crippen molar-refractivity contribution in [2.45, 2.75) is 13.5 Å². The molecule has 0 radical (unpaired) electrons. The first kappa shape index (κ1) is 17.9. The van der Waals surface area contributed by atoms with Crippen molar-refractivity contribution in [2.75, 3.05) is 19.0 Å². The minimum atomic E-state index is -0.250. The first-order valence-corrected chi connectivity index (χ1v) is 7.97. The number of hydrogen-bond acceptors (Lipinski definition) is 3. The van der Waals surface area contributed by atoms with Crippen molar-refractivity contribution in [2.24, 2.45) is 5.10 Å². The van der Waals surface area contributed by atoms with Crippen LogP contribution in [0, 0.1) is 5.82 Å². The fourth-order valence-electron chi connectivity index (χ4n) is 2.02. The van der Waals surface area contributed by atoms with Crippen LogP contribution in [0.25, 0.3) is 0 Å². The molecule has 4 nitrogen and oxygen atoms in total. The van der Waals surface area contributed by atoms with Crippen LogP contribution in [0.5, 0.6) is 0 Å². The molecule has 0 fully saturated rings. The van der Waals surface area contributed by atoms with Gasteiger partial charge in [0, 0.05) is 26.3 Å². The lowest BCUT2D eigenvalue weighted by molar-refractivity contribution is 0.626. The predicted octanol–water partition coefficient (Wildman–Crippen LogP) is 3.28. The van der Waals surface area contributed by atoms with Crippen molar-refractivity contribution in [3.63, 3.8) is 0 Å². The Bertz CT molecular complexity index is 709. The van der Waals surface area contributed by atoms with Gasteiger partial charge in [-0.3, -0.25) is 5.43 Å². The summed E-state index contributed by atoms with van der Waals surface area (Å²) in [5.41, 5.74) is 6.77. The van der Waals surface area contributed by atoms with E-state index in [4.69, 9.17) is 12.2 Å². The summed E-state index contributed by atoms with van der Waals surface area (Å²) in [7, 11) is 4.01. The van der Waals surface area contributed by atoms with E-state index in [2.05, 4.69) is 15.8 Å². The molecule has 0 amide bonds. The molecule has 0 bridgehead atoms. The molecule has 0 spiro atoms. The Labute approximate surface area is 147 Å². The third kappa shape index (κ3) is 5.31. The number of halogens is 1. The number of nitrogens with zero attached hydrogens (tertiary/aromatic N) is 2. The molecule has 24 heavy (non-hydrogen) atoms. The van der Waals surface area contributed by atoms with Crippen molar-refractivity contribution in [1.29, 1.82) is 0 Å². The molecule has 0 aliphatic carbocycles. The van der Waals surface area contributed by atoms with Crippen LogP contribution < -0.4 is 15.6 Å². The van der Waals surface area contributed by atoms with Crippen molar-refractivity contribution >= 4 is 28.7 Å². The molecule has 6 heteroatoms. The van der Waals surface area contributed by atoms with Crippen LogP contribution in [0.3, 0.4) is 0 Å². The summed E-state index contributed by atoms with van der Waals surface area (Å²) in [6.07, 6.45) is 0. The molecule has 0 saturated carbocycles. The van der Waals surface area contributed by atoms with Crippen LogP contribution in [-0.2, 0) is 6.54 Å². The highest BCUT2D eigenvalue weighted by atomic mass is 32.1. The quantitative estimate of drug-likeness (QED) is 0.496. The maximum Gasteiger partial charge on any atom is 0.187 e. The van der Waals surface area contributed by atoms with Crippen molar-refractivity contribution in [3.8, 4) is 0 Å². The third-order valence-electron chi connectivity index (χ3n) is 3.49. The van der Waals surface area contributed by atoms with E-state index in [1.807, 2.05) is 50.2 Å². The van der Waals surface area contributed by atoms with Crippen molar-refractivity contribution < 1.29 is 4.39 Å².